The number of amides is 4. The highest BCUT2D eigenvalue weighted by Crippen LogP contribution is 2.43. The van der Waals surface area contributed by atoms with Gasteiger partial charge in [-0.1, -0.05) is 6.92 Å². The summed E-state index contributed by atoms with van der Waals surface area (Å²) in [6, 6.07) is 12.5. The van der Waals surface area contributed by atoms with Crippen LogP contribution in [-0.4, -0.2) is 71.4 Å². The number of imide groups is 1. The fourth-order valence-electron chi connectivity index (χ4n) is 6.22. The average molecular weight is 826 g/mol. The Balaban J connectivity index is 1.46. The van der Waals surface area contributed by atoms with Gasteiger partial charge in [0.2, 0.25) is 0 Å². The van der Waals surface area contributed by atoms with Gasteiger partial charge in [-0.3, -0.25) is 9.59 Å². The van der Waals surface area contributed by atoms with Crippen molar-refractivity contribution in [1.82, 2.24) is 15.3 Å². The summed E-state index contributed by atoms with van der Waals surface area (Å²) in [5.74, 6) is -2.57. The van der Waals surface area contributed by atoms with Crippen molar-refractivity contribution in [3.63, 3.8) is 0 Å². The standard InChI is InChI=1S/C43H44FN5O9S/c1-9-16-45-38(51)32-13-12-25(34(48-32)39(52)55-8)27-21-33-30(35-23(14-17-56-33)15-18-59-35)20-29(27)37(50)47-24-10-11-26-28(19-24)31(44)22-46-36(26)49(40(53)57-42(2,3)4)41(54)58-43(5,6)7/h10-13,15,18-22H,9,14,16-17H2,1-8H3,(H,45,51)(H,47,50). The van der Waals surface area contributed by atoms with Crippen LogP contribution in [-0.2, 0) is 20.6 Å². The van der Waals surface area contributed by atoms with E-state index in [-0.39, 0.29) is 50.4 Å². The van der Waals surface area contributed by atoms with Gasteiger partial charge < -0.3 is 29.6 Å². The van der Waals surface area contributed by atoms with Gasteiger partial charge in [0.1, 0.15) is 28.5 Å². The lowest BCUT2D eigenvalue weighted by Crippen LogP contribution is -2.44. The molecular weight excluding hydrogens is 782 g/mol. The molecule has 0 fully saturated rings. The number of rotatable bonds is 8. The molecule has 5 aromatic rings. The maximum absolute atomic E-state index is 15.6. The van der Waals surface area contributed by atoms with Crippen molar-refractivity contribution in [2.24, 2.45) is 0 Å². The van der Waals surface area contributed by atoms with Gasteiger partial charge in [-0.25, -0.2) is 28.7 Å². The van der Waals surface area contributed by atoms with Crippen LogP contribution in [0.15, 0.2) is 60.1 Å². The molecule has 2 aromatic carbocycles. The number of aromatic nitrogens is 2. The molecule has 0 saturated carbocycles. The van der Waals surface area contributed by atoms with Crippen molar-refractivity contribution in [3.8, 4) is 27.3 Å². The van der Waals surface area contributed by atoms with Crippen LogP contribution < -0.4 is 20.3 Å². The van der Waals surface area contributed by atoms with Crippen LogP contribution in [0, 0.1) is 5.82 Å². The highest BCUT2D eigenvalue weighted by Gasteiger charge is 2.35. The smallest absolute Gasteiger partial charge is 0.425 e. The summed E-state index contributed by atoms with van der Waals surface area (Å²) in [6.07, 6.45) is -0.0187. The number of nitrogens with zero attached hydrogens (tertiary/aromatic N) is 3. The van der Waals surface area contributed by atoms with E-state index in [1.54, 1.807) is 53.7 Å². The summed E-state index contributed by atoms with van der Waals surface area (Å²) in [4.78, 5) is 77.5. The monoisotopic (exact) mass is 825 g/mol. The zero-order chi connectivity index (χ0) is 42.8. The molecule has 1 aliphatic rings. The predicted molar refractivity (Wildman–Crippen MR) is 221 cm³/mol. The Morgan fingerprint density at radius 1 is 0.881 bits per heavy atom. The maximum Gasteiger partial charge on any atom is 0.425 e. The molecule has 2 N–H and O–H groups in total. The van der Waals surface area contributed by atoms with Crippen LogP contribution in [0.4, 0.5) is 25.5 Å². The van der Waals surface area contributed by atoms with Gasteiger partial charge in [-0.2, -0.15) is 4.90 Å². The molecule has 0 unspecified atom stereocenters. The predicted octanol–water partition coefficient (Wildman–Crippen LogP) is 8.95. The Hall–Kier alpha value is -6.42. The van der Waals surface area contributed by atoms with E-state index in [0.29, 0.717) is 42.2 Å². The SMILES string of the molecule is CCCNC(=O)c1ccc(-c2cc3c(cc2C(=O)Nc2ccc4c(N(C(=O)OC(C)(C)C)C(=O)OC(C)(C)C)ncc(F)c4c2)-c2sccc2CCO3)c(C(=O)OC)n1. The molecular formula is C43H44FN5O9S. The number of hydrogen-bond donors (Lipinski definition) is 2. The van der Waals surface area contributed by atoms with Crippen molar-refractivity contribution in [2.45, 2.75) is 72.5 Å². The molecule has 14 nitrogen and oxygen atoms in total. The van der Waals surface area contributed by atoms with E-state index in [0.717, 1.165) is 16.6 Å². The molecule has 0 spiro atoms. The van der Waals surface area contributed by atoms with E-state index < -0.39 is 47.0 Å². The largest absolute Gasteiger partial charge is 0.493 e. The first-order valence-electron chi connectivity index (χ1n) is 18.8. The van der Waals surface area contributed by atoms with Crippen LogP contribution >= 0.6 is 11.3 Å². The second-order valence-electron chi connectivity index (χ2n) is 15.5. The van der Waals surface area contributed by atoms with E-state index in [9.17, 15) is 24.0 Å². The second kappa shape index (κ2) is 16.8. The number of pyridine rings is 2. The number of fused-ring (bicyclic) bond motifs is 4. The zero-order valence-electron chi connectivity index (χ0n) is 33.9. The number of anilines is 2. The van der Waals surface area contributed by atoms with E-state index in [2.05, 4.69) is 20.6 Å². The van der Waals surface area contributed by atoms with Crippen molar-refractivity contribution in [2.75, 3.05) is 30.5 Å². The number of methoxy groups -OCH3 is 1. The molecule has 16 heteroatoms. The summed E-state index contributed by atoms with van der Waals surface area (Å²) in [5, 5.41) is 7.50. The molecule has 0 aliphatic carbocycles. The molecule has 1 aliphatic heterocycles. The number of esters is 1. The second-order valence-corrected chi connectivity index (χ2v) is 16.5. The molecule has 308 valence electrons. The van der Waals surface area contributed by atoms with Gasteiger partial charge in [0, 0.05) is 56.6 Å². The highest BCUT2D eigenvalue weighted by atomic mass is 32.1. The van der Waals surface area contributed by atoms with Crippen molar-refractivity contribution >= 4 is 63.6 Å². The van der Waals surface area contributed by atoms with Crippen LogP contribution in [0.1, 0.15) is 91.8 Å². The van der Waals surface area contributed by atoms with Crippen LogP contribution in [0.5, 0.6) is 5.75 Å². The molecule has 3 aromatic heterocycles. The number of nitrogens with one attached hydrogen (secondary N) is 2. The van der Waals surface area contributed by atoms with Crippen LogP contribution in [0.2, 0.25) is 0 Å². The highest BCUT2D eigenvalue weighted by molar-refractivity contribution is 7.13. The van der Waals surface area contributed by atoms with E-state index in [4.69, 9.17) is 18.9 Å². The third-order valence-electron chi connectivity index (χ3n) is 8.76. The number of halogens is 1. The lowest BCUT2D eigenvalue weighted by atomic mass is 9.93. The minimum Gasteiger partial charge on any atom is -0.493 e. The Kier molecular flexibility index (Phi) is 12.0. The van der Waals surface area contributed by atoms with Gasteiger partial charge >= 0.3 is 18.2 Å². The Bertz CT molecular complexity index is 2460. The van der Waals surface area contributed by atoms with Gasteiger partial charge in [0.25, 0.3) is 11.8 Å². The lowest BCUT2D eigenvalue weighted by Gasteiger charge is -2.28. The summed E-state index contributed by atoms with van der Waals surface area (Å²) < 4.78 is 37.9. The average Bonchev–Trinajstić information content (AvgIpc) is 3.57. The zero-order valence-corrected chi connectivity index (χ0v) is 34.7. The Morgan fingerprint density at radius 2 is 1.59 bits per heavy atom. The fourth-order valence-corrected chi connectivity index (χ4v) is 7.20. The molecule has 59 heavy (non-hydrogen) atoms. The number of carbonyl (C=O) groups excluding carboxylic acids is 5. The maximum atomic E-state index is 15.6. The summed E-state index contributed by atoms with van der Waals surface area (Å²) in [7, 11) is 1.18. The number of carbonyl (C=O) groups is 5. The third kappa shape index (κ3) is 9.33. The van der Waals surface area contributed by atoms with Gasteiger partial charge in [0.05, 0.1) is 19.9 Å². The third-order valence-corrected chi connectivity index (χ3v) is 9.75. The minimum absolute atomic E-state index is 0.0215. The first kappa shape index (κ1) is 42.2. The number of benzene rings is 2. The fraction of sp³-hybridized carbons (Fsp3) is 0.326. The Morgan fingerprint density at radius 3 is 2.25 bits per heavy atom. The molecule has 0 atom stereocenters. The molecule has 4 heterocycles. The molecule has 0 bridgehead atoms. The number of ether oxygens (including phenoxy) is 4. The van der Waals surface area contributed by atoms with E-state index >= 15 is 4.39 Å². The van der Waals surface area contributed by atoms with Gasteiger partial charge in [-0.05, 0) is 107 Å². The molecule has 4 amide bonds. The van der Waals surface area contributed by atoms with Crippen molar-refractivity contribution < 1.29 is 47.3 Å². The first-order chi connectivity index (χ1) is 27.9. The van der Waals surface area contributed by atoms with Crippen molar-refractivity contribution in [3.05, 3.63) is 88.4 Å². The van der Waals surface area contributed by atoms with E-state index in [1.165, 1.54) is 48.8 Å². The molecule has 0 radical (unpaired) electrons. The summed E-state index contributed by atoms with van der Waals surface area (Å²) in [6.45, 7) is 12.4. The van der Waals surface area contributed by atoms with Crippen molar-refractivity contribution in [1.29, 1.82) is 0 Å². The Labute approximate surface area is 344 Å². The lowest BCUT2D eigenvalue weighted by molar-refractivity contribution is 0.0427. The first-order valence-corrected chi connectivity index (χ1v) is 19.7. The van der Waals surface area contributed by atoms with Crippen LogP contribution in [0.25, 0.3) is 32.3 Å². The number of hydrogen-bond acceptors (Lipinski definition) is 12. The van der Waals surface area contributed by atoms with Gasteiger partial charge in [-0.15, -0.1) is 11.3 Å². The van der Waals surface area contributed by atoms with Gasteiger partial charge in [0.15, 0.2) is 11.5 Å². The summed E-state index contributed by atoms with van der Waals surface area (Å²) >= 11 is 1.49. The normalized spacial score (nSPS) is 12.3. The minimum atomic E-state index is -1.09. The van der Waals surface area contributed by atoms with E-state index in [1.807, 2.05) is 18.4 Å². The topological polar surface area (TPSA) is 175 Å². The summed E-state index contributed by atoms with van der Waals surface area (Å²) in [5.41, 5.74) is 0.131. The quantitative estimate of drug-likeness (QED) is 0.113. The molecule has 6 rings (SSSR count). The number of thiophene rings is 1. The van der Waals surface area contributed by atoms with Crippen LogP contribution in [0.3, 0.4) is 0 Å². The molecule has 0 saturated heterocycles.